The number of hydrogen-bond acceptors (Lipinski definition) is 5. The minimum atomic E-state index is -0.468. The monoisotopic (exact) mass is 419 g/mol. The Bertz CT molecular complexity index is 1320. The number of nitrogens with zero attached hydrogens (tertiary/aromatic N) is 3. The molecule has 0 amide bonds. The Morgan fingerprint density at radius 3 is 2.43 bits per heavy atom. The van der Waals surface area contributed by atoms with Gasteiger partial charge in [-0.05, 0) is 17.0 Å². The summed E-state index contributed by atoms with van der Waals surface area (Å²) in [4.78, 5) is 33.4. The van der Waals surface area contributed by atoms with Crippen LogP contribution in [-0.2, 0) is 11.3 Å². The van der Waals surface area contributed by atoms with Crippen LogP contribution in [0.1, 0.15) is 15.2 Å². The van der Waals surface area contributed by atoms with Crippen molar-refractivity contribution < 1.29 is 9.53 Å². The lowest BCUT2D eigenvalue weighted by molar-refractivity contribution is 0.0607. The molecule has 0 N–H and O–H groups in total. The molecule has 0 spiro atoms. The fraction of sp³-hybridized carbons (Fsp3) is 0.174. The van der Waals surface area contributed by atoms with Crippen molar-refractivity contribution in [2.45, 2.75) is 6.54 Å². The Balaban J connectivity index is 2.12. The maximum Gasteiger partial charge on any atom is 0.350 e. The van der Waals surface area contributed by atoms with E-state index < -0.39 is 5.97 Å². The lowest BCUT2D eigenvalue weighted by Crippen LogP contribution is -2.20. The molecule has 2 aromatic heterocycles. The maximum absolute atomic E-state index is 13.4. The molecular formula is C23H21N3O3S. The van der Waals surface area contributed by atoms with Crippen LogP contribution in [-0.4, -0.2) is 43.0 Å². The molecule has 2 heterocycles. The van der Waals surface area contributed by atoms with Crippen LogP contribution in [0.3, 0.4) is 0 Å². The SMILES string of the molecule is COC(=O)c1sc2c(c1N=CN(C)C)c1ccccc1c(=O)n2Cc1ccccc1. The van der Waals surface area contributed by atoms with Gasteiger partial charge >= 0.3 is 5.97 Å². The average molecular weight is 420 g/mol. The lowest BCUT2D eigenvalue weighted by Gasteiger charge is -2.11. The van der Waals surface area contributed by atoms with E-state index in [1.165, 1.54) is 18.4 Å². The van der Waals surface area contributed by atoms with E-state index in [9.17, 15) is 9.59 Å². The standard InChI is InChI=1S/C23H21N3O3S/c1-25(2)14-24-19-18-16-11-7-8-12-17(16)21(27)26(13-15-9-5-4-6-10-15)22(18)30-20(19)23(28)29-3/h4-12,14H,13H2,1-3H3. The molecule has 4 rings (SSSR count). The van der Waals surface area contributed by atoms with Gasteiger partial charge in [-0.1, -0.05) is 48.5 Å². The molecule has 0 bridgehead atoms. The molecule has 0 radical (unpaired) electrons. The van der Waals surface area contributed by atoms with Gasteiger partial charge in [0.1, 0.15) is 15.4 Å². The van der Waals surface area contributed by atoms with Gasteiger partial charge in [-0.25, -0.2) is 9.79 Å². The fourth-order valence-electron chi connectivity index (χ4n) is 3.41. The number of carbonyl (C=O) groups excluding carboxylic acids is 1. The van der Waals surface area contributed by atoms with E-state index in [0.29, 0.717) is 27.3 Å². The smallest absolute Gasteiger partial charge is 0.350 e. The number of hydrogen-bond donors (Lipinski definition) is 0. The van der Waals surface area contributed by atoms with E-state index in [0.717, 1.165) is 16.3 Å². The molecule has 0 fully saturated rings. The second-order valence-electron chi connectivity index (χ2n) is 7.08. The van der Waals surface area contributed by atoms with Crippen LogP contribution in [0.15, 0.2) is 64.4 Å². The summed E-state index contributed by atoms with van der Waals surface area (Å²) in [6.45, 7) is 0.402. The van der Waals surface area contributed by atoms with Gasteiger partial charge in [-0.15, -0.1) is 11.3 Å². The Morgan fingerprint density at radius 1 is 1.10 bits per heavy atom. The maximum atomic E-state index is 13.4. The van der Waals surface area contributed by atoms with E-state index >= 15 is 0 Å². The van der Waals surface area contributed by atoms with Gasteiger partial charge in [-0.3, -0.25) is 9.36 Å². The normalized spacial score (nSPS) is 11.4. The molecule has 0 unspecified atom stereocenters. The number of benzene rings is 2. The number of methoxy groups -OCH3 is 1. The zero-order valence-corrected chi connectivity index (χ0v) is 17.8. The number of ether oxygens (including phenoxy) is 1. The van der Waals surface area contributed by atoms with Crippen molar-refractivity contribution in [3.63, 3.8) is 0 Å². The zero-order valence-electron chi connectivity index (χ0n) is 17.0. The number of aromatic nitrogens is 1. The van der Waals surface area contributed by atoms with Crippen molar-refractivity contribution >= 4 is 50.3 Å². The first-order valence-electron chi connectivity index (χ1n) is 9.42. The van der Waals surface area contributed by atoms with Crippen molar-refractivity contribution in [1.29, 1.82) is 0 Å². The van der Waals surface area contributed by atoms with Gasteiger partial charge in [0.15, 0.2) is 0 Å². The van der Waals surface area contributed by atoms with E-state index in [4.69, 9.17) is 4.74 Å². The van der Waals surface area contributed by atoms with Gasteiger partial charge in [0.2, 0.25) is 0 Å². The van der Waals surface area contributed by atoms with Crippen LogP contribution in [0.25, 0.3) is 21.0 Å². The number of rotatable bonds is 5. The van der Waals surface area contributed by atoms with Crippen molar-refractivity contribution in [3.8, 4) is 0 Å². The minimum absolute atomic E-state index is 0.0947. The number of aliphatic imine (C=N–C) groups is 1. The van der Waals surface area contributed by atoms with Crippen molar-refractivity contribution in [1.82, 2.24) is 9.47 Å². The quantitative estimate of drug-likeness (QED) is 0.275. The largest absolute Gasteiger partial charge is 0.465 e. The highest BCUT2D eigenvalue weighted by molar-refractivity contribution is 7.21. The summed E-state index contributed by atoms with van der Waals surface area (Å²) in [5.41, 5.74) is 1.43. The Hall–Kier alpha value is -3.45. The number of thiophene rings is 1. The summed E-state index contributed by atoms with van der Waals surface area (Å²) < 4.78 is 6.73. The van der Waals surface area contributed by atoms with Crippen LogP contribution in [0.5, 0.6) is 0 Å². The molecule has 0 aliphatic heterocycles. The predicted molar refractivity (Wildman–Crippen MR) is 122 cm³/mol. The van der Waals surface area contributed by atoms with Crippen LogP contribution in [0, 0.1) is 0 Å². The summed E-state index contributed by atoms with van der Waals surface area (Å²) in [6.07, 6.45) is 1.65. The van der Waals surface area contributed by atoms with Crippen molar-refractivity contribution in [2.75, 3.05) is 21.2 Å². The first-order chi connectivity index (χ1) is 14.5. The number of carbonyl (C=O) groups is 1. The molecule has 6 nitrogen and oxygen atoms in total. The van der Waals surface area contributed by atoms with E-state index in [1.54, 1.807) is 15.8 Å². The van der Waals surface area contributed by atoms with Crippen LogP contribution >= 0.6 is 11.3 Å². The summed E-state index contributed by atoms with van der Waals surface area (Å²) in [5.74, 6) is -0.468. The van der Waals surface area contributed by atoms with Crippen LogP contribution < -0.4 is 5.56 Å². The van der Waals surface area contributed by atoms with Crippen molar-refractivity contribution in [2.24, 2.45) is 4.99 Å². The fourth-order valence-corrected chi connectivity index (χ4v) is 4.58. The highest BCUT2D eigenvalue weighted by Gasteiger charge is 2.24. The lowest BCUT2D eigenvalue weighted by atomic mass is 10.1. The molecule has 0 atom stereocenters. The van der Waals surface area contributed by atoms with Crippen molar-refractivity contribution in [3.05, 3.63) is 75.4 Å². The van der Waals surface area contributed by atoms with Gasteiger partial charge in [0.05, 0.1) is 20.0 Å². The van der Waals surface area contributed by atoms with Gasteiger partial charge < -0.3 is 9.64 Å². The van der Waals surface area contributed by atoms with Gasteiger partial charge in [0.25, 0.3) is 5.56 Å². The first-order valence-corrected chi connectivity index (χ1v) is 10.2. The summed E-state index contributed by atoms with van der Waals surface area (Å²) in [6, 6.07) is 17.2. The third kappa shape index (κ3) is 3.48. The number of esters is 1. The average Bonchev–Trinajstić information content (AvgIpc) is 3.15. The molecular weight excluding hydrogens is 398 g/mol. The molecule has 152 valence electrons. The van der Waals surface area contributed by atoms with Crippen LogP contribution in [0.2, 0.25) is 0 Å². The molecule has 2 aromatic carbocycles. The summed E-state index contributed by atoms with van der Waals surface area (Å²) in [5, 5.41) is 2.15. The second kappa shape index (κ2) is 8.12. The molecule has 0 saturated carbocycles. The highest BCUT2D eigenvalue weighted by atomic mass is 32.1. The third-order valence-electron chi connectivity index (χ3n) is 4.75. The third-order valence-corrected chi connectivity index (χ3v) is 5.94. The summed E-state index contributed by atoms with van der Waals surface area (Å²) in [7, 11) is 5.07. The Labute approximate surface area is 177 Å². The molecule has 0 saturated heterocycles. The molecule has 0 aliphatic rings. The van der Waals surface area contributed by atoms with E-state index in [2.05, 4.69) is 4.99 Å². The molecule has 30 heavy (non-hydrogen) atoms. The Morgan fingerprint density at radius 2 is 1.77 bits per heavy atom. The predicted octanol–water partition coefficient (Wildman–Crippen LogP) is 4.27. The van der Waals surface area contributed by atoms with E-state index in [1.807, 2.05) is 68.7 Å². The number of fused-ring (bicyclic) bond motifs is 3. The Kier molecular flexibility index (Phi) is 5.37. The molecule has 4 aromatic rings. The molecule has 7 heteroatoms. The second-order valence-corrected chi connectivity index (χ2v) is 8.08. The van der Waals surface area contributed by atoms with Crippen LogP contribution in [0.4, 0.5) is 5.69 Å². The highest BCUT2D eigenvalue weighted by Crippen LogP contribution is 2.41. The van der Waals surface area contributed by atoms with Gasteiger partial charge in [-0.2, -0.15) is 0 Å². The number of pyridine rings is 1. The molecule has 0 aliphatic carbocycles. The van der Waals surface area contributed by atoms with Gasteiger partial charge in [0, 0.05) is 24.9 Å². The van der Waals surface area contributed by atoms with E-state index in [-0.39, 0.29) is 5.56 Å². The minimum Gasteiger partial charge on any atom is -0.465 e. The summed E-state index contributed by atoms with van der Waals surface area (Å²) >= 11 is 1.24. The topological polar surface area (TPSA) is 63.9 Å². The zero-order chi connectivity index (χ0) is 21.3. The first kappa shape index (κ1) is 19.8.